The van der Waals surface area contributed by atoms with Crippen molar-refractivity contribution in [3.63, 3.8) is 0 Å². The molecule has 0 unspecified atom stereocenters. The molecule has 10 nitrogen and oxygen atoms in total. The molecule has 0 amide bonds. The predicted octanol–water partition coefficient (Wildman–Crippen LogP) is 5.16. The van der Waals surface area contributed by atoms with Crippen LogP contribution < -0.4 is 15.6 Å². The maximum atomic E-state index is 11.5. The lowest BCUT2D eigenvalue weighted by molar-refractivity contribution is -0.0207. The number of hydrogen-bond donors (Lipinski definition) is 3. The van der Waals surface area contributed by atoms with E-state index in [2.05, 4.69) is 20.3 Å². The lowest BCUT2D eigenvalue weighted by Gasteiger charge is -2.13. The van der Waals surface area contributed by atoms with E-state index in [1.54, 1.807) is 23.2 Å². The van der Waals surface area contributed by atoms with Crippen molar-refractivity contribution < 1.29 is 19.0 Å². The molecule has 1 aliphatic heterocycles. The highest BCUT2D eigenvalue weighted by molar-refractivity contribution is 7.81. The number of benzene rings is 1. The van der Waals surface area contributed by atoms with Gasteiger partial charge in [-0.05, 0) is 57.9 Å². The van der Waals surface area contributed by atoms with Gasteiger partial charge in [0, 0.05) is 11.8 Å². The molecule has 4 heterocycles. The number of ether oxygens (including phenoxy) is 2. The van der Waals surface area contributed by atoms with E-state index in [0.29, 0.717) is 33.5 Å². The van der Waals surface area contributed by atoms with Crippen LogP contribution in [0.4, 0.5) is 5.69 Å². The summed E-state index contributed by atoms with van der Waals surface area (Å²) in [5.74, 6) is 1.40. The van der Waals surface area contributed by atoms with E-state index in [1.807, 2.05) is 45.0 Å². The molecule has 0 radical (unpaired) electrons. The highest BCUT2D eigenvalue weighted by Crippen LogP contribution is 2.30. The number of rotatable bonds is 7. The molecule has 12 heteroatoms. The normalized spacial score (nSPS) is 16.4. The number of aliphatic hydroxyl groups is 1. The summed E-state index contributed by atoms with van der Waals surface area (Å²) in [6.45, 7) is 6.41. The van der Waals surface area contributed by atoms with Crippen LogP contribution in [0, 0.1) is 6.92 Å². The van der Waals surface area contributed by atoms with Gasteiger partial charge in [0.2, 0.25) is 0 Å². The van der Waals surface area contributed by atoms with Crippen LogP contribution in [0.5, 0.6) is 5.75 Å². The Morgan fingerprint density at radius 2 is 2.15 bits per heavy atom. The molecule has 39 heavy (non-hydrogen) atoms. The minimum Gasteiger partial charge on any atom is -0.488 e. The van der Waals surface area contributed by atoms with Crippen LogP contribution in [-0.4, -0.2) is 48.9 Å². The average Bonchev–Trinajstić information content (AvgIpc) is 3.66. The van der Waals surface area contributed by atoms with E-state index >= 15 is 0 Å². The first kappa shape index (κ1) is 28.5. The third-order valence-corrected chi connectivity index (χ3v) is 6.62. The summed E-state index contributed by atoms with van der Waals surface area (Å²) in [6, 6.07) is 7.32. The van der Waals surface area contributed by atoms with Gasteiger partial charge in [-0.15, -0.1) is 0 Å². The van der Waals surface area contributed by atoms with Crippen LogP contribution >= 0.6 is 23.8 Å². The number of hydrogen-bond acceptors (Lipinski definition) is 8. The van der Waals surface area contributed by atoms with Crippen molar-refractivity contribution in [2.24, 2.45) is 0 Å². The first-order chi connectivity index (χ1) is 18.8. The molecule has 0 saturated carbocycles. The smallest absolute Gasteiger partial charge is 0.278 e. The molecule has 1 saturated heterocycles. The molecule has 1 fully saturated rings. The van der Waals surface area contributed by atoms with Crippen molar-refractivity contribution in [3.05, 3.63) is 81.5 Å². The van der Waals surface area contributed by atoms with Crippen molar-refractivity contribution in [1.29, 1.82) is 0 Å². The fraction of sp³-hybridized carbons (Fsp3) is 0.333. The monoisotopic (exact) mass is 571 g/mol. The number of halogens is 1. The van der Waals surface area contributed by atoms with Gasteiger partial charge in [-0.2, -0.15) is 0 Å². The Morgan fingerprint density at radius 1 is 1.33 bits per heavy atom. The number of nitrogens with one attached hydrogen (secondary N) is 2. The Hall–Kier alpha value is -3.51. The zero-order chi connectivity index (χ0) is 27.9. The molecule has 5 rings (SSSR count). The van der Waals surface area contributed by atoms with Crippen molar-refractivity contribution in [1.82, 2.24) is 19.5 Å². The molecule has 3 N–H and O–H groups in total. The van der Waals surface area contributed by atoms with Crippen LogP contribution in [0.15, 0.2) is 64.0 Å². The van der Waals surface area contributed by atoms with E-state index in [9.17, 15) is 4.79 Å². The van der Waals surface area contributed by atoms with E-state index < -0.39 is 0 Å². The SMILES string of the molecule is CC(C)=CCOc1cc(NC(=S)c2ccoc2C)ccc1Cl.O=c1[nH]cnc2c1ncn2[C@H]1CC[C@@H](CO)O1. The number of imidazole rings is 1. The Morgan fingerprint density at radius 3 is 2.85 bits per heavy atom. The molecule has 2 atom stereocenters. The summed E-state index contributed by atoms with van der Waals surface area (Å²) in [5.41, 5.74) is 3.45. The fourth-order valence-electron chi connectivity index (χ4n) is 3.91. The number of thiocarbonyl (C=S) groups is 1. The van der Waals surface area contributed by atoms with Crippen molar-refractivity contribution in [2.75, 3.05) is 18.5 Å². The van der Waals surface area contributed by atoms with Gasteiger partial charge in [0.1, 0.15) is 29.3 Å². The Labute approximate surface area is 235 Å². The molecule has 3 aromatic heterocycles. The van der Waals surface area contributed by atoms with Gasteiger partial charge in [0.05, 0.1) is 42.2 Å². The first-order valence-electron chi connectivity index (χ1n) is 12.3. The zero-order valence-electron chi connectivity index (χ0n) is 21.8. The van der Waals surface area contributed by atoms with Gasteiger partial charge in [0.15, 0.2) is 11.2 Å². The zero-order valence-corrected chi connectivity index (χ0v) is 23.4. The van der Waals surface area contributed by atoms with E-state index in [1.165, 1.54) is 11.9 Å². The van der Waals surface area contributed by atoms with Gasteiger partial charge in [-0.3, -0.25) is 9.36 Å². The molecule has 1 aromatic carbocycles. The maximum Gasteiger partial charge on any atom is 0.278 e. The quantitative estimate of drug-likeness (QED) is 0.203. The first-order valence-corrected chi connectivity index (χ1v) is 13.1. The molecule has 0 aliphatic carbocycles. The molecule has 206 valence electrons. The van der Waals surface area contributed by atoms with Crippen LogP contribution in [0.2, 0.25) is 5.02 Å². The predicted molar refractivity (Wildman–Crippen MR) is 154 cm³/mol. The number of nitrogens with zero attached hydrogens (tertiary/aromatic N) is 3. The number of furan rings is 1. The van der Waals surface area contributed by atoms with Crippen molar-refractivity contribution >= 4 is 45.7 Å². The van der Waals surface area contributed by atoms with E-state index in [-0.39, 0.29) is 24.5 Å². The maximum absolute atomic E-state index is 11.5. The summed E-state index contributed by atoms with van der Waals surface area (Å²) in [4.78, 5) is 22.7. The van der Waals surface area contributed by atoms with Gasteiger partial charge < -0.3 is 29.3 Å². The largest absolute Gasteiger partial charge is 0.488 e. The molecule has 0 spiro atoms. The Bertz CT molecular complexity index is 1520. The van der Waals surface area contributed by atoms with Crippen LogP contribution in [0.3, 0.4) is 0 Å². The number of anilines is 1. The second kappa shape index (κ2) is 13.0. The topological polar surface area (TPSA) is 127 Å². The number of aliphatic hydroxyl groups excluding tert-OH is 1. The van der Waals surface area contributed by atoms with Gasteiger partial charge in [-0.25, -0.2) is 9.97 Å². The Kier molecular flexibility index (Phi) is 9.52. The average molecular weight is 572 g/mol. The summed E-state index contributed by atoms with van der Waals surface area (Å²) in [7, 11) is 0. The highest BCUT2D eigenvalue weighted by Gasteiger charge is 2.27. The fourth-order valence-corrected chi connectivity index (χ4v) is 4.41. The van der Waals surface area contributed by atoms with Crippen LogP contribution in [0.1, 0.15) is 44.2 Å². The summed E-state index contributed by atoms with van der Waals surface area (Å²) in [6.07, 6.45) is 7.75. The molecule has 0 bridgehead atoms. The number of fused-ring (bicyclic) bond motifs is 1. The second-order valence-corrected chi connectivity index (χ2v) is 9.93. The number of H-pyrrole nitrogens is 1. The van der Waals surface area contributed by atoms with Gasteiger partial charge in [-0.1, -0.05) is 29.4 Å². The number of aromatic amines is 1. The number of aryl methyl sites for hydroxylation is 1. The molecule has 4 aromatic rings. The number of aromatic nitrogens is 4. The van der Waals surface area contributed by atoms with E-state index in [4.69, 9.17) is 42.8 Å². The van der Waals surface area contributed by atoms with Gasteiger partial charge in [0.25, 0.3) is 5.56 Å². The van der Waals surface area contributed by atoms with Crippen molar-refractivity contribution in [2.45, 2.75) is 45.9 Å². The van der Waals surface area contributed by atoms with Crippen molar-refractivity contribution in [3.8, 4) is 5.75 Å². The Balaban J connectivity index is 0.000000186. The molecular weight excluding hydrogens is 542 g/mol. The molecular formula is C27H30ClN5O5S. The third kappa shape index (κ3) is 7.12. The lowest BCUT2D eigenvalue weighted by atomic mass is 10.2. The minimum absolute atomic E-state index is 0.0111. The summed E-state index contributed by atoms with van der Waals surface area (Å²) >= 11 is 11.5. The lowest BCUT2D eigenvalue weighted by Crippen LogP contribution is -2.14. The summed E-state index contributed by atoms with van der Waals surface area (Å²) < 4.78 is 18.3. The van der Waals surface area contributed by atoms with Gasteiger partial charge >= 0.3 is 0 Å². The van der Waals surface area contributed by atoms with Crippen LogP contribution in [-0.2, 0) is 4.74 Å². The third-order valence-electron chi connectivity index (χ3n) is 5.99. The standard InChI is InChI=1S/C17H18ClNO2S.C10H12N4O3/c1-11(2)6-8-21-16-10-13(4-5-15(16)18)19-17(22)14-7-9-20-12(14)3;15-3-6-1-2-7(17-6)14-5-13-8-9(14)11-4-12-10(8)16/h4-7,9-10H,8H2,1-3H3,(H,19,22);4-7,15H,1-3H2,(H,11,12,16)/t;6-,7+/m.0/s1. The number of allylic oxidation sites excluding steroid dienone is 1. The van der Waals surface area contributed by atoms with E-state index in [0.717, 1.165) is 29.9 Å². The van der Waals surface area contributed by atoms with Crippen LogP contribution in [0.25, 0.3) is 11.2 Å². The minimum atomic E-state index is -0.259. The highest BCUT2D eigenvalue weighted by atomic mass is 35.5. The second-order valence-electron chi connectivity index (χ2n) is 9.11. The molecule has 1 aliphatic rings. The summed E-state index contributed by atoms with van der Waals surface area (Å²) in [5, 5.41) is 12.8.